The number of furan rings is 1. The predicted molar refractivity (Wildman–Crippen MR) is 68.3 cm³/mol. The van der Waals surface area contributed by atoms with Crippen LogP contribution in [0.15, 0.2) is 32.0 Å². The number of aryl methyl sites for hydroxylation is 2. The summed E-state index contributed by atoms with van der Waals surface area (Å²) in [4.78, 5) is 12.1. The minimum Gasteiger partial charge on any atom is -0.495 e. The minimum atomic E-state index is -0.100. The van der Waals surface area contributed by atoms with Gasteiger partial charge < -0.3 is 13.6 Å². The Morgan fingerprint density at radius 2 is 2.00 bits per heavy atom. The number of benzene rings is 1. The summed E-state index contributed by atoms with van der Waals surface area (Å²) in [7, 11) is 1.54. The van der Waals surface area contributed by atoms with Crippen molar-refractivity contribution >= 4 is 21.9 Å². The molecule has 0 aliphatic heterocycles. The van der Waals surface area contributed by atoms with Gasteiger partial charge in [-0.1, -0.05) is 0 Å². The van der Waals surface area contributed by atoms with Gasteiger partial charge in [0.2, 0.25) is 0 Å². The number of methoxy groups -OCH3 is 1. The summed E-state index contributed by atoms with van der Waals surface area (Å²) >= 11 is 0. The summed E-state index contributed by atoms with van der Waals surface area (Å²) in [6.07, 6.45) is 1.58. The van der Waals surface area contributed by atoms with Gasteiger partial charge in [0.1, 0.15) is 28.1 Å². The number of ether oxygens (including phenoxy) is 1. The van der Waals surface area contributed by atoms with Gasteiger partial charge in [0.25, 0.3) is 0 Å². The minimum absolute atomic E-state index is 0.100. The molecular weight excluding hydrogens is 232 g/mol. The smallest absolute Gasteiger partial charge is 0.196 e. The van der Waals surface area contributed by atoms with E-state index in [1.54, 1.807) is 19.3 Å². The SMILES string of the molecule is COc1c2ccoc2c(C)c2oc(C)cc(=O)c12. The topological polar surface area (TPSA) is 52.6 Å². The lowest BCUT2D eigenvalue weighted by Crippen LogP contribution is -2.04. The van der Waals surface area contributed by atoms with E-state index in [9.17, 15) is 4.79 Å². The maximum atomic E-state index is 12.1. The summed E-state index contributed by atoms with van der Waals surface area (Å²) in [5, 5.41) is 1.26. The first-order chi connectivity index (χ1) is 8.63. The summed E-state index contributed by atoms with van der Waals surface area (Å²) in [5.74, 6) is 1.08. The lowest BCUT2D eigenvalue weighted by molar-refractivity contribution is 0.423. The molecule has 2 aromatic heterocycles. The summed E-state index contributed by atoms with van der Waals surface area (Å²) in [6.45, 7) is 3.62. The van der Waals surface area contributed by atoms with Gasteiger partial charge in [-0.15, -0.1) is 0 Å². The van der Waals surface area contributed by atoms with Crippen LogP contribution >= 0.6 is 0 Å². The van der Waals surface area contributed by atoms with Gasteiger partial charge in [-0.05, 0) is 19.9 Å². The molecular formula is C14H12O4. The van der Waals surface area contributed by atoms with Gasteiger partial charge in [-0.2, -0.15) is 0 Å². The first-order valence-corrected chi connectivity index (χ1v) is 5.61. The molecule has 3 rings (SSSR count). The van der Waals surface area contributed by atoms with Crippen LogP contribution in [-0.4, -0.2) is 7.11 Å². The second kappa shape index (κ2) is 3.63. The maximum absolute atomic E-state index is 12.1. The van der Waals surface area contributed by atoms with E-state index in [-0.39, 0.29) is 5.43 Å². The number of fused-ring (bicyclic) bond motifs is 2. The fourth-order valence-corrected chi connectivity index (χ4v) is 2.32. The Labute approximate surface area is 103 Å². The van der Waals surface area contributed by atoms with E-state index in [0.717, 1.165) is 10.9 Å². The molecule has 0 radical (unpaired) electrons. The molecule has 0 N–H and O–H groups in total. The van der Waals surface area contributed by atoms with Crippen molar-refractivity contribution in [2.24, 2.45) is 0 Å². The van der Waals surface area contributed by atoms with Crippen molar-refractivity contribution < 1.29 is 13.6 Å². The lowest BCUT2D eigenvalue weighted by Gasteiger charge is -2.08. The van der Waals surface area contributed by atoms with Crippen molar-refractivity contribution in [2.45, 2.75) is 13.8 Å². The van der Waals surface area contributed by atoms with Crippen LogP contribution in [0.2, 0.25) is 0 Å². The van der Waals surface area contributed by atoms with Gasteiger partial charge in [0.15, 0.2) is 5.43 Å². The van der Waals surface area contributed by atoms with E-state index < -0.39 is 0 Å². The van der Waals surface area contributed by atoms with Crippen molar-refractivity contribution in [3.63, 3.8) is 0 Å². The van der Waals surface area contributed by atoms with Crippen LogP contribution in [0.3, 0.4) is 0 Å². The number of hydrogen-bond donors (Lipinski definition) is 0. The van der Waals surface area contributed by atoms with Gasteiger partial charge in [-0.3, -0.25) is 4.79 Å². The average Bonchev–Trinajstić information content (AvgIpc) is 2.80. The summed E-state index contributed by atoms with van der Waals surface area (Å²) in [5.41, 5.74) is 1.93. The van der Waals surface area contributed by atoms with Crippen LogP contribution in [0.25, 0.3) is 21.9 Å². The molecule has 18 heavy (non-hydrogen) atoms. The van der Waals surface area contributed by atoms with Crippen molar-refractivity contribution in [1.29, 1.82) is 0 Å². The normalized spacial score (nSPS) is 11.3. The zero-order chi connectivity index (χ0) is 12.9. The summed E-state index contributed by atoms with van der Waals surface area (Å²) in [6, 6.07) is 3.26. The first kappa shape index (κ1) is 10.9. The Morgan fingerprint density at radius 1 is 1.22 bits per heavy atom. The van der Waals surface area contributed by atoms with Gasteiger partial charge in [0, 0.05) is 11.6 Å². The lowest BCUT2D eigenvalue weighted by atomic mass is 10.1. The zero-order valence-corrected chi connectivity index (χ0v) is 10.4. The fourth-order valence-electron chi connectivity index (χ4n) is 2.32. The van der Waals surface area contributed by atoms with Gasteiger partial charge in [0.05, 0.1) is 18.8 Å². The molecule has 0 aliphatic rings. The highest BCUT2D eigenvalue weighted by atomic mass is 16.5. The molecule has 4 nitrogen and oxygen atoms in total. The van der Waals surface area contributed by atoms with Crippen LogP contribution in [0.5, 0.6) is 5.75 Å². The molecule has 92 valence electrons. The third-order valence-corrected chi connectivity index (χ3v) is 3.09. The molecule has 0 unspecified atom stereocenters. The molecule has 4 heteroatoms. The van der Waals surface area contributed by atoms with Crippen LogP contribution in [0, 0.1) is 13.8 Å². The Hall–Kier alpha value is -2.23. The number of rotatable bonds is 1. The molecule has 0 saturated heterocycles. The van der Waals surface area contributed by atoms with E-state index in [2.05, 4.69) is 0 Å². The highest BCUT2D eigenvalue weighted by molar-refractivity contribution is 6.03. The van der Waals surface area contributed by atoms with Crippen molar-refractivity contribution in [3.05, 3.63) is 39.9 Å². The highest BCUT2D eigenvalue weighted by Gasteiger charge is 2.18. The van der Waals surface area contributed by atoms with Crippen molar-refractivity contribution in [3.8, 4) is 5.75 Å². The molecule has 0 bridgehead atoms. The quantitative estimate of drug-likeness (QED) is 0.659. The molecule has 0 saturated carbocycles. The second-order valence-electron chi connectivity index (χ2n) is 4.25. The van der Waals surface area contributed by atoms with E-state index in [0.29, 0.717) is 28.1 Å². The van der Waals surface area contributed by atoms with Crippen molar-refractivity contribution in [2.75, 3.05) is 7.11 Å². The molecule has 2 heterocycles. The molecule has 0 amide bonds. The fraction of sp³-hybridized carbons (Fsp3) is 0.214. The molecule has 0 atom stereocenters. The zero-order valence-electron chi connectivity index (χ0n) is 10.4. The van der Waals surface area contributed by atoms with E-state index in [1.807, 2.05) is 6.92 Å². The van der Waals surface area contributed by atoms with Crippen LogP contribution in [0.4, 0.5) is 0 Å². The third-order valence-electron chi connectivity index (χ3n) is 3.09. The highest BCUT2D eigenvalue weighted by Crippen LogP contribution is 2.36. The van der Waals surface area contributed by atoms with Gasteiger partial charge >= 0.3 is 0 Å². The molecule has 1 aromatic carbocycles. The Bertz CT molecular complexity index is 808. The Balaban J connectivity index is 2.70. The second-order valence-corrected chi connectivity index (χ2v) is 4.25. The molecule has 3 aromatic rings. The van der Waals surface area contributed by atoms with E-state index in [4.69, 9.17) is 13.6 Å². The third kappa shape index (κ3) is 1.29. The van der Waals surface area contributed by atoms with E-state index in [1.165, 1.54) is 13.2 Å². The largest absolute Gasteiger partial charge is 0.495 e. The maximum Gasteiger partial charge on any atom is 0.196 e. The van der Waals surface area contributed by atoms with Crippen LogP contribution in [0.1, 0.15) is 11.3 Å². The number of hydrogen-bond acceptors (Lipinski definition) is 4. The molecule has 0 spiro atoms. The Kier molecular flexibility index (Phi) is 2.20. The summed E-state index contributed by atoms with van der Waals surface area (Å²) < 4.78 is 16.4. The van der Waals surface area contributed by atoms with Crippen molar-refractivity contribution in [1.82, 2.24) is 0 Å². The molecule has 0 fully saturated rings. The first-order valence-electron chi connectivity index (χ1n) is 5.61. The Morgan fingerprint density at radius 3 is 2.72 bits per heavy atom. The van der Waals surface area contributed by atoms with E-state index >= 15 is 0 Å². The van der Waals surface area contributed by atoms with Gasteiger partial charge in [-0.25, -0.2) is 0 Å². The van der Waals surface area contributed by atoms with Crippen LogP contribution in [-0.2, 0) is 0 Å². The molecule has 0 aliphatic carbocycles. The monoisotopic (exact) mass is 244 g/mol. The average molecular weight is 244 g/mol. The standard InChI is InChI=1S/C14H12O4/c1-7-6-10(15)11-13(18-7)8(2)12-9(4-5-17-12)14(11)16-3/h4-6H,1-3H3. The van der Waals surface area contributed by atoms with Crippen LogP contribution < -0.4 is 10.2 Å². The predicted octanol–water partition coefficient (Wildman–Crippen LogP) is 3.16.